The summed E-state index contributed by atoms with van der Waals surface area (Å²) in [7, 11) is 4.04. The second-order valence-corrected chi connectivity index (χ2v) is 6.15. The second-order valence-electron chi connectivity index (χ2n) is 6.15. The first-order chi connectivity index (χ1) is 11.4. The van der Waals surface area contributed by atoms with Crippen molar-refractivity contribution in [3.8, 4) is 11.1 Å². The van der Waals surface area contributed by atoms with Gasteiger partial charge in [-0.3, -0.25) is 0 Å². The molecule has 2 aromatic rings. The first kappa shape index (κ1) is 16.4. The van der Waals surface area contributed by atoms with Crippen LogP contribution in [0.15, 0.2) is 18.2 Å². The van der Waals surface area contributed by atoms with Crippen LogP contribution in [-0.4, -0.2) is 48.1 Å². The molecule has 1 saturated heterocycles. The van der Waals surface area contributed by atoms with Gasteiger partial charge in [-0.1, -0.05) is 6.07 Å². The Balaban J connectivity index is 2.07. The number of nitrogens with zero attached hydrogens (tertiary/aromatic N) is 4. The molecule has 0 saturated carbocycles. The van der Waals surface area contributed by atoms with Crippen LogP contribution in [0.5, 0.6) is 0 Å². The first-order valence-corrected chi connectivity index (χ1v) is 7.66. The Kier molecular flexibility index (Phi) is 4.23. The lowest BCUT2D eigenvalue weighted by Gasteiger charge is -2.23. The summed E-state index contributed by atoms with van der Waals surface area (Å²) in [6.07, 6.45) is 0.966. The van der Waals surface area contributed by atoms with E-state index in [1.165, 1.54) is 6.07 Å². The Hall–Kier alpha value is -2.48. The third-order valence-electron chi connectivity index (χ3n) is 4.34. The van der Waals surface area contributed by atoms with E-state index in [1.54, 1.807) is 0 Å². The van der Waals surface area contributed by atoms with Gasteiger partial charge in [-0.25, -0.2) is 8.78 Å². The lowest BCUT2D eigenvalue weighted by atomic mass is 10.1. The van der Waals surface area contributed by atoms with Crippen LogP contribution in [0, 0.1) is 11.6 Å². The maximum Gasteiger partial charge on any atom is 0.223 e. The van der Waals surface area contributed by atoms with E-state index in [2.05, 4.69) is 19.8 Å². The van der Waals surface area contributed by atoms with Crippen molar-refractivity contribution in [2.75, 3.05) is 43.6 Å². The van der Waals surface area contributed by atoms with Crippen LogP contribution in [-0.2, 0) is 0 Å². The zero-order valence-corrected chi connectivity index (χ0v) is 13.6. The zero-order valence-electron chi connectivity index (χ0n) is 13.6. The van der Waals surface area contributed by atoms with Crippen molar-refractivity contribution < 1.29 is 8.78 Å². The van der Waals surface area contributed by atoms with Crippen LogP contribution in [0.2, 0.25) is 0 Å². The minimum absolute atomic E-state index is 0.0575. The maximum absolute atomic E-state index is 13.7. The molecule has 2 heterocycles. The summed E-state index contributed by atoms with van der Waals surface area (Å²) in [6, 6.07) is 4.01. The zero-order chi connectivity index (χ0) is 17.4. The fourth-order valence-corrected chi connectivity index (χ4v) is 3.00. The third kappa shape index (κ3) is 2.96. The largest absolute Gasteiger partial charge is 0.383 e. The SMILES string of the molecule is CN(C)[C@@H]1CCN(c2nc(N)nc(N)c2-c2ccc(F)c(F)c2)C1. The van der Waals surface area contributed by atoms with Crippen molar-refractivity contribution in [2.45, 2.75) is 12.5 Å². The summed E-state index contributed by atoms with van der Waals surface area (Å²) in [6.45, 7) is 1.52. The molecule has 24 heavy (non-hydrogen) atoms. The summed E-state index contributed by atoms with van der Waals surface area (Å²) in [4.78, 5) is 12.5. The molecule has 0 amide bonds. The molecular weight excluding hydrogens is 314 g/mol. The van der Waals surface area contributed by atoms with Gasteiger partial charge in [0.1, 0.15) is 11.6 Å². The number of nitrogen functional groups attached to an aromatic ring is 2. The molecule has 4 N–H and O–H groups in total. The topological polar surface area (TPSA) is 84.3 Å². The number of anilines is 3. The molecular formula is C16H20F2N6. The molecule has 8 heteroatoms. The van der Waals surface area contributed by atoms with E-state index in [1.807, 2.05) is 14.1 Å². The number of benzene rings is 1. The van der Waals surface area contributed by atoms with Crippen LogP contribution < -0.4 is 16.4 Å². The van der Waals surface area contributed by atoms with Crippen molar-refractivity contribution in [2.24, 2.45) is 0 Å². The van der Waals surface area contributed by atoms with Gasteiger partial charge in [-0.2, -0.15) is 9.97 Å². The number of rotatable bonds is 3. The Morgan fingerprint density at radius 3 is 2.54 bits per heavy atom. The van der Waals surface area contributed by atoms with Crippen LogP contribution in [0.1, 0.15) is 6.42 Å². The van der Waals surface area contributed by atoms with E-state index < -0.39 is 11.6 Å². The van der Waals surface area contributed by atoms with Gasteiger partial charge in [-0.15, -0.1) is 0 Å². The monoisotopic (exact) mass is 334 g/mol. The molecule has 0 spiro atoms. The predicted molar refractivity (Wildman–Crippen MR) is 90.5 cm³/mol. The second kappa shape index (κ2) is 6.20. The maximum atomic E-state index is 13.7. The van der Waals surface area contributed by atoms with Gasteiger partial charge in [0.15, 0.2) is 11.6 Å². The molecule has 0 aliphatic carbocycles. The number of nitrogens with two attached hydrogens (primary N) is 2. The standard InChI is InChI=1S/C16H20F2N6/c1-23(2)10-5-6-24(8-10)15-13(14(19)21-16(20)22-15)9-3-4-11(17)12(18)7-9/h3-4,7,10H,5-6,8H2,1-2H3,(H4,19,20,21,22)/t10-/m1/s1. The van der Waals surface area contributed by atoms with Crippen molar-refractivity contribution in [3.63, 3.8) is 0 Å². The molecule has 128 valence electrons. The van der Waals surface area contributed by atoms with Gasteiger partial charge in [0.05, 0.1) is 5.56 Å². The van der Waals surface area contributed by atoms with Crippen molar-refractivity contribution in [1.29, 1.82) is 0 Å². The molecule has 0 unspecified atom stereocenters. The van der Waals surface area contributed by atoms with Crippen LogP contribution >= 0.6 is 0 Å². The number of halogens is 2. The summed E-state index contributed by atoms with van der Waals surface area (Å²) >= 11 is 0. The van der Waals surface area contributed by atoms with Gasteiger partial charge in [0.2, 0.25) is 5.95 Å². The fourth-order valence-electron chi connectivity index (χ4n) is 3.00. The first-order valence-electron chi connectivity index (χ1n) is 7.66. The lowest BCUT2D eigenvalue weighted by Crippen LogP contribution is -2.32. The molecule has 0 bridgehead atoms. The van der Waals surface area contributed by atoms with Gasteiger partial charge in [0, 0.05) is 19.1 Å². The normalized spacial score (nSPS) is 17.7. The summed E-state index contributed by atoms with van der Waals surface area (Å²) in [5.74, 6) is -1.10. The minimum Gasteiger partial charge on any atom is -0.383 e. The van der Waals surface area contributed by atoms with Gasteiger partial charge in [0.25, 0.3) is 0 Å². The minimum atomic E-state index is -0.942. The Morgan fingerprint density at radius 2 is 1.92 bits per heavy atom. The van der Waals surface area contributed by atoms with E-state index >= 15 is 0 Å². The number of aromatic nitrogens is 2. The summed E-state index contributed by atoms with van der Waals surface area (Å²) < 4.78 is 26.9. The third-order valence-corrected chi connectivity index (χ3v) is 4.34. The van der Waals surface area contributed by atoms with Crippen molar-refractivity contribution in [1.82, 2.24) is 14.9 Å². The van der Waals surface area contributed by atoms with Gasteiger partial charge in [-0.05, 0) is 38.2 Å². The van der Waals surface area contributed by atoms with E-state index in [9.17, 15) is 8.78 Å². The highest BCUT2D eigenvalue weighted by molar-refractivity contribution is 5.85. The summed E-state index contributed by atoms with van der Waals surface area (Å²) in [5, 5.41) is 0. The molecule has 0 radical (unpaired) electrons. The number of hydrogen-bond acceptors (Lipinski definition) is 6. The lowest BCUT2D eigenvalue weighted by molar-refractivity contribution is 0.315. The van der Waals surface area contributed by atoms with E-state index in [0.29, 0.717) is 23.0 Å². The van der Waals surface area contributed by atoms with Crippen molar-refractivity contribution in [3.05, 3.63) is 29.8 Å². The molecule has 1 aromatic heterocycles. The van der Waals surface area contributed by atoms with Crippen molar-refractivity contribution >= 4 is 17.6 Å². The smallest absolute Gasteiger partial charge is 0.223 e. The number of hydrogen-bond donors (Lipinski definition) is 2. The Labute approximate surface area is 139 Å². The molecule has 1 fully saturated rings. The van der Waals surface area contributed by atoms with Crippen LogP contribution in [0.4, 0.5) is 26.4 Å². The highest BCUT2D eigenvalue weighted by atomic mass is 19.2. The van der Waals surface area contributed by atoms with E-state index in [4.69, 9.17) is 11.5 Å². The average molecular weight is 334 g/mol. The molecule has 1 aromatic carbocycles. The van der Waals surface area contributed by atoms with Crippen LogP contribution in [0.25, 0.3) is 11.1 Å². The highest BCUT2D eigenvalue weighted by Crippen LogP contribution is 2.36. The van der Waals surface area contributed by atoms with E-state index in [0.717, 1.165) is 31.6 Å². The number of likely N-dealkylation sites (N-methyl/N-ethyl adjacent to an activating group) is 1. The fraction of sp³-hybridized carbons (Fsp3) is 0.375. The molecule has 1 aliphatic heterocycles. The highest BCUT2D eigenvalue weighted by Gasteiger charge is 2.28. The summed E-state index contributed by atoms with van der Waals surface area (Å²) in [5.41, 5.74) is 12.7. The Bertz CT molecular complexity index is 764. The van der Waals surface area contributed by atoms with Gasteiger partial charge >= 0.3 is 0 Å². The molecule has 6 nitrogen and oxygen atoms in total. The Morgan fingerprint density at radius 1 is 1.17 bits per heavy atom. The quantitative estimate of drug-likeness (QED) is 0.889. The molecule has 3 rings (SSSR count). The molecule has 1 atom stereocenters. The van der Waals surface area contributed by atoms with Crippen LogP contribution in [0.3, 0.4) is 0 Å². The predicted octanol–water partition coefficient (Wildman–Crippen LogP) is 1.73. The molecule has 1 aliphatic rings. The van der Waals surface area contributed by atoms with E-state index in [-0.39, 0.29) is 11.8 Å². The van der Waals surface area contributed by atoms with Gasteiger partial charge < -0.3 is 21.3 Å². The average Bonchev–Trinajstić information content (AvgIpc) is 2.99.